The van der Waals surface area contributed by atoms with Crippen LogP contribution in [0.5, 0.6) is 5.75 Å². The van der Waals surface area contributed by atoms with Gasteiger partial charge >= 0.3 is 0 Å². The molecule has 0 saturated carbocycles. The Morgan fingerprint density at radius 3 is 2.64 bits per heavy atom. The van der Waals surface area contributed by atoms with Gasteiger partial charge in [-0.05, 0) is 61.9 Å². The van der Waals surface area contributed by atoms with E-state index in [4.69, 9.17) is 13.9 Å². The number of aromatic nitrogens is 2. The van der Waals surface area contributed by atoms with Crippen molar-refractivity contribution >= 4 is 28.0 Å². The van der Waals surface area contributed by atoms with Gasteiger partial charge in [0.1, 0.15) is 23.1 Å². The van der Waals surface area contributed by atoms with Gasteiger partial charge in [-0.25, -0.2) is 9.19 Å². The summed E-state index contributed by atoms with van der Waals surface area (Å²) in [4.78, 5) is 9.58. The lowest BCUT2D eigenvalue weighted by atomic mass is 10.1. The predicted molar refractivity (Wildman–Crippen MR) is 130 cm³/mol. The Hall–Kier alpha value is -3.85. The van der Waals surface area contributed by atoms with Crippen LogP contribution in [0.15, 0.2) is 76.2 Å². The molecule has 0 spiro atoms. The van der Waals surface area contributed by atoms with E-state index in [9.17, 15) is 4.21 Å². The summed E-state index contributed by atoms with van der Waals surface area (Å²) in [6.45, 7) is 4.92. The molecule has 1 atom stereocenters. The van der Waals surface area contributed by atoms with Gasteiger partial charge in [-0.1, -0.05) is 18.2 Å². The van der Waals surface area contributed by atoms with E-state index in [1.165, 1.54) is 0 Å². The minimum Gasteiger partial charge on any atom is -0.494 e. The van der Waals surface area contributed by atoms with E-state index in [0.29, 0.717) is 35.5 Å². The number of furan rings is 1. The number of thiol groups is 1. The van der Waals surface area contributed by atoms with E-state index in [-0.39, 0.29) is 0 Å². The number of aryl methyl sites for hydroxylation is 1. The molecule has 0 fully saturated rings. The Kier molecular flexibility index (Phi) is 6.89. The van der Waals surface area contributed by atoms with Gasteiger partial charge in [-0.2, -0.15) is 4.98 Å². The standard InChI is InChI=1S/C24H25N5O3S/c1-3-31-19-11-8-17(9-12-19)22-15-27-24(28-18-5-4-6-21(13-18)33(25)30)29-23(22)26-14-20-10-7-16(2)32-20/h4-13,15,25,33H,3,14H2,1-2H3,(H2,26,27,28,29). The lowest BCUT2D eigenvalue weighted by Crippen LogP contribution is -2.06. The lowest BCUT2D eigenvalue weighted by molar-refractivity contribution is 0.340. The maximum Gasteiger partial charge on any atom is 0.229 e. The van der Waals surface area contributed by atoms with Crippen LogP contribution in [0, 0.1) is 11.7 Å². The molecule has 0 aliphatic heterocycles. The molecule has 0 aliphatic carbocycles. The highest BCUT2D eigenvalue weighted by molar-refractivity contribution is 7.73. The fourth-order valence-electron chi connectivity index (χ4n) is 3.28. The van der Waals surface area contributed by atoms with E-state index in [1.807, 2.05) is 56.3 Å². The Morgan fingerprint density at radius 1 is 1.12 bits per heavy atom. The fourth-order valence-corrected chi connectivity index (χ4v) is 3.75. The number of hydrogen-bond donors (Lipinski definition) is 4. The minimum atomic E-state index is -2.18. The molecule has 1 unspecified atom stereocenters. The third-order valence-electron chi connectivity index (χ3n) is 4.83. The van der Waals surface area contributed by atoms with Crippen molar-refractivity contribution in [3.8, 4) is 16.9 Å². The van der Waals surface area contributed by atoms with Crippen LogP contribution in [-0.2, 0) is 17.1 Å². The average molecular weight is 464 g/mol. The van der Waals surface area contributed by atoms with E-state index in [2.05, 4.69) is 20.6 Å². The molecule has 170 valence electrons. The molecule has 4 aromatic rings. The molecule has 33 heavy (non-hydrogen) atoms. The van der Waals surface area contributed by atoms with Crippen molar-refractivity contribution in [2.45, 2.75) is 25.3 Å². The first-order chi connectivity index (χ1) is 16.0. The number of nitrogens with one attached hydrogen (secondary N) is 3. The monoisotopic (exact) mass is 463 g/mol. The second kappa shape index (κ2) is 10.2. The molecule has 0 radical (unpaired) electrons. The summed E-state index contributed by atoms with van der Waals surface area (Å²) in [6.07, 6.45) is 1.75. The van der Waals surface area contributed by atoms with Crippen molar-refractivity contribution in [2.24, 2.45) is 0 Å². The zero-order valence-corrected chi connectivity index (χ0v) is 19.2. The summed E-state index contributed by atoms with van der Waals surface area (Å²) in [7, 11) is -2.18. The maximum absolute atomic E-state index is 11.5. The highest BCUT2D eigenvalue weighted by Crippen LogP contribution is 2.29. The van der Waals surface area contributed by atoms with Gasteiger partial charge in [0.2, 0.25) is 5.95 Å². The van der Waals surface area contributed by atoms with Crippen LogP contribution < -0.4 is 15.4 Å². The highest BCUT2D eigenvalue weighted by atomic mass is 32.2. The molecular formula is C24H25N5O3S. The smallest absolute Gasteiger partial charge is 0.229 e. The predicted octanol–water partition coefficient (Wildman–Crippen LogP) is 5.40. The Labute approximate surface area is 194 Å². The number of nitrogens with zero attached hydrogens (tertiary/aromatic N) is 2. The van der Waals surface area contributed by atoms with Gasteiger partial charge in [-0.15, -0.1) is 0 Å². The maximum atomic E-state index is 11.5. The zero-order chi connectivity index (χ0) is 23.2. The van der Waals surface area contributed by atoms with Crippen molar-refractivity contribution in [1.29, 1.82) is 4.78 Å². The van der Waals surface area contributed by atoms with Crippen LogP contribution in [0.1, 0.15) is 18.4 Å². The van der Waals surface area contributed by atoms with Crippen LogP contribution in [0.25, 0.3) is 11.1 Å². The normalized spacial score (nSPS) is 11.7. The molecule has 3 N–H and O–H groups in total. The van der Waals surface area contributed by atoms with E-state index < -0.39 is 10.6 Å². The van der Waals surface area contributed by atoms with Crippen LogP contribution in [-0.4, -0.2) is 20.8 Å². The van der Waals surface area contributed by atoms with Crippen LogP contribution in [0.2, 0.25) is 0 Å². The molecule has 8 nitrogen and oxygen atoms in total. The number of benzene rings is 2. The SMILES string of the molecule is CCOc1ccc(-c2cnc(Nc3cccc([SH](=N)=O)c3)nc2NCc2ccc(C)o2)cc1. The summed E-state index contributed by atoms with van der Waals surface area (Å²) >= 11 is 0. The molecular weight excluding hydrogens is 438 g/mol. The molecule has 2 aromatic heterocycles. The molecule has 2 aromatic carbocycles. The Balaban J connectivity index is 1.64. The minimum absolute atomic E-state index is 0.375. The van der Waals surface area contributed by atoms with E-state index in [0.717, 1.165) is 28.4 Å². The first-order valence-electron chi connectivity index (χ1n) is 10.5. The number of rotatable bonds is 9. The molecule has 0 amide bonds. The van der Waals surface area contributed by atoms with Gasteiger partial charge in [0, 0.05) is 22.3 Å². The molecule has 4 rings (SSSR count). The first kappa shape index (κ1) is 22.3. The highest BCUT2D eigenvalue weighted by Gasteiger charge is 2.12. The van der Waals surface area contributed by atoms with Gasteiger partial charge < -0.3 is 19.8 Å². The quantitative estimate of drug-likeness (QED) is 0.246. The second-order valence-electron chi connectivity index (χ2n) is 7.25. The topological polar surface area (TPSA) is 113 Å². The average Bonchev–Trinajstić information content (AvgIpc) is 3.24. The van der Waals surface area contributed by atoms with Crippen molar-refractivity contribution in [1.82, 2.24) is 9.97 Å². The summed E-state index contributed by atoms with van der Waals surface area (Å²) < 4.78 is 30.2. The Bertz CT molecular complexity index is 1310. The molecule has 2 heterocycles. The third-order valence-corrected chi connectivity index (χ3v) is 5.58. The first-order valence-corrected chi connectivity index (χ1v) is 11.7. The van der Waals surface area contributed by atoms with Crippen LogP contribution in [0.3, 0.4) is 0 Å². The summed E-state index contributed by atoms with van der Waals surface area (Å²) in [5, 5.41) is 6.47. The number of ether oxygens (including phenoxy) is 1. The largest absolute Gasteiger partial charge is 0.494 e. The lowest BCUT2D eigenvalue weighted by Gasteiger charge is -2.13. The second-order valence-corrected chi connectivity index (χ2v) is 8.35. The fraction of sp³-hybridized carbons (Fsp3) is 0.167. The van der Waals surface area contributed by atoms with Gasteiger partial charge in [0.15, 0.2) is 0 Å². The summed E-state index contributed by atoms with van der Waals surface area (Å²) in [5.41, 5.74) is 2.43. The van der Waals surface area contributed by atoms with Gasteiger partial charge in [0.25, 0.3) is 0 Å². The number of hydrogen-bond acceptors (Lipinski definition) is 8. The van der Waals surface area contributed by atoms with Crippen molar-refractivity contribution in [3.63, 3.8) is 0 Å². The van der Waals surface area contributed by atoms with Crippen LogP contribution in [0.4, 0.5) is 17.5 Å². The molecule has 0 saturated heterocycles. The molecule has 0 aliphatic rings. The zero-order valence-electron chi connectivity index (χ0n) is 18.3. The molecule has 0 bridgehead atoms. The van der Waals surface area contributed by atoms with Crippen molar-refractivity contribution in [2.75, 3.05) is 17.2 Å². The van der Waals surface area contributed by atoms with Crippen LogP contribution >= 0.6 is 0 Å². The van der Waals surface area contributed by atoms with Crippen molar-refractivity contribution in [3.05, 3.63) is 78.4 Å². The third kappa shape index (κ3) is 5.69. The van der Waals surface area contributed by atoms with E-state index >= 15 is 0 Å². The van der Waals surface area contributed by atoms with Crippen molar-refractivity contribution < 1.29 is 13.4 Å². The number of anilines is 3. The van der Waals surface area contributed by atoms with E-state index in [1.54, 1.807) is 24.4 Å². The van der Waals surface area contributed by atoms with Gasteiger partial charge in [0.05, 0.1) is 23.7 Å². The molecule has 9 heteroatoms. The Morgan fingerprint density at radius 2 is 1.94 bits per heavy atom. The summed E-state index contributed by atoms with van der Waals surface area (Å²) in [6, 6.07) is 18.5. The van der Waals surface area contributed by atoms with Gasteiger partial charge in [-0.3, -0.25) is 4.78 Å². The summed E-state index contributed by atoms with van der Waals surface area (Å²) in [5.74, 6) is 3.45.